The third-order valence-corrected chi connectivity index (χ3v) is 3.28. The molecule has 106 valence electrons. The number of hydrogen-bond acceptors (Lipinski definition) is 3. The second kappa shape index (κ2) is 5.82. The van der Waals surface area contributed by atoms with Gasteiger partial charge < -0.3 is 16.4 Å². The number of halogens is 1. The summed E-state index contributed by atoms with van der Waals surface area (Å²) >= 11 is 3.45. The summed E-state index contributed by atoms with van der Waals surface area (Å²) in [5, 5.41) is 6.13. The fourth-order valence-electron chi connectivity index (χ4n) is 1.58. The molecule has 0 bridgehead atoms. The van der Waals surface area contributed by atoms with Crippen LogP contribution in [0.25, 0.3) is 0 Å². The first-order valence-corrected chi connectivity index (χ1v) is 7.03. The van der Waals surface area contributed by atoms with E-state index in [2.05, 4.69) is 26.6 Å². The lowest BCUT2D eigenvalue weighted by atomic mass is 10.1. The molecule has 5 heteroatoms. The SMILES string of the molecule is Cc1cc(NC(C)C(=O)NC(C)(C)C)c(Br)cc1N. The van der Waals surface area contributed by atoms with Crippen molar-refractivity contribution in [3.8, 4) is 0 Å². The highest BCUT2D eigenvalue weighted by Gasteiger charge is 2.19. The van der Waals surface area contributed by atoms with Crippen molar-refractivity contribution in [1.29, 1.82) is 0 Å². The van der Waals surface area contributed by atoms with Crippen molar-refractivity contribution in [3.05, 3.63) is 22.2 Å². The number of carbonyl (C=O) groups excluding carboxylic acids is 1. The lowest BCUT2D eigenvalue weighted by Crippen LogP contribution is -2.47. The molecule has 4 N–H and O–H groups in total. The van der Waals surface area contributed by atoms with Gasteiger partial charge >= 0.3 is 0 Å². The van der Waals surface area contributed by atoms with Crippen molar-refractivity contribution < 1.29 is 4.79 Å². The molecule has 4 nitrogen and oxygen atoms in total. The Labute approximate surface area is 123 Å². The summed E-state index contributed by atoms with van der Waals surface area (Å²) < 4.78 is 0.853. The zero-order valence-electron chi connectivity index (χ0n) is 12.1. The number of anilines is 2. The highest BCUT2D eigenvalue weighted by molar-refractivity contribution is 9.10. The first-order chi connectivity index (χ1) is 8.60. The number of nitrogen functional groups attached to an aromatic ring is 1. The molecule has 0 spiro atoms. The summed E-state index contributed by atoms with van der Waals surface area (Å²) in [6, 6.07) is 3.45. The molecule has 0 aliphatic carbocycles. The molecule has 0 heterocycles. The second-order valence-corrected chi connectivity index (χ2v) is 6.65. The second-order valence-electron chi connectivity index (χ2n) is 5.79. The molecular formula is C14H22BrN3O. The molecule has 19 heavy (non-hydrogen) atoms. The zero-order chi connectivity index (χ0) is 14.8. The third-order valence-electron chi connectivity index (χ3n) is 2.62. The molecular weight excluding hydrogens is 306 g/mol. The predicted octanol–water partition coefficient (Wildman–Crippen LogP) is 3.05. The number of nitrogens with two attached hydrogens (primary N) is 1. The molecule has 1 atom stereocenters. The van der Waals surface area contributed by atoms with Crippen LogP contribution in [-0.2, 0) is 4.79 Å². The van der Waals surface area contributed by atoms with Gasteiger partial charge in [0.15, 0.2) is 0 Å². The van der Waals surface area contributed by atoms with Crippen molar-refractivity contribution in [3.63, 3.8) is 0 Å². The van der Waals surface area contributed by atoms with E-state index in [-0.39, 0.29) is 17.5 Å². The Balaban J connectivity index is 2.80. The van der Waals surface area contributed by atoms with Gasteiger partial charge in [0, 0.05) is 21.4 Å². The number of benzene rings is 1. The Morgan fingerprint density at radius 2 is 1.95 bits per heavy atom. The molecule has 0 saturated carbocycles. The fourth-order valence-corrected chi connectivity index (χ4v) is 2.06. The average molecular weight is 328 g/mol. The Morgan fingerprint density at radius 1 is 1.37 bits per heavy atom. The molecule has 1 unspecified atom stereocenters. The summed E-state index contributed by atoms with van der Waals surface area (Å²) in [7, 11) is 0. The first-order valence-electron chi connectivity index (χ1n) is 6.24. The summed E-state index contributed by atoms with van der Waals surface area (Å²) in [4.78, 5) is 12.0. The molecule has 0 aromatic heterocycles. The zero-order valence-corrected chi connectivity index (χ0v) is 13.7. The number of amides is 1. The topological polar surface area (TPSA) is 67.2 Å². The van der Waals surface area contributed by atoms with E-state index in [1.807, 2.05) is 46.8 Å². The van der Waals surface area contributed by atoms with Crippen molar-refractivity contribution >= 4 is 33.2 Å². The predicted molar refractivity (Wildman–Crippen MR) is 84.3 cm³/mol. The third kappa shape index (κ3) is 4.74. The normalized spacial score (nSPS) is 12.9. The molecule has 0 fully saturated rings. The van der Waals surface area contributed by atoms with Crippen molar-refractivity contribution in [1.82, 2.24) is 5.32 Å². The Hall–Kier alpha value is -1.23. The highest BCUT2D eigenvalue weighted by atomic mass is 79.9. The minimum Gasteiger partial charge on any atom is -0.398 e. The van der Waals surface area contributed by atoms with E-state index in [0.29, 0.717) is 0 Å². The van der Waals surface area contributed by atoms with Crippen molar-refractivity contribution in [2.75, 3.05) is 11.1 Å². The number of aryl methyl sites for hydroxylation is 1. The van der Waals surface area contributed by atoms with Gasteiger partial charge in [0.05, 0.1) is 0 Å². The van der Waals surface area contributed by atoms with E-state index >= 15 is 0 Å². The summed E-state index contributed by atoms with van der Waals surface area (Å²) in [5.74, 6) is -0.0334. The van der Waals surface area contributed by atoms with E-state index in [1.54, 1.807) is 0 Å². The molecule has 1 rings (SSSR count). The van der Waals surface area contributed by atoms with E-state index in [4.69, 9.17) is 5.73 Å². The van der Waals surface area contributed by atoms with Crippen LogP contribution >= 0.6 is 15.9 Å². The highest BCUT2D eigenvalue weighted by Crippen LogP contribution is 2.28. The summed E-state index contributed by atoms with van der Waals surface area (Å²) in [5.41, 5.74) is 8.16. The van der Waals surface area contributed by atoms with Gasteiger partial charge in [-0.1, -0.05) is 0 Å². The van der Waals surface area contributed by atoms with Crippen molar-refractivity contribution in [2.24, 2.45) is 0 Å². The van der Waals surface area contributed by atoms with Crippen molar-refractivity contribution in [2.45, 2.75) is 46.2 Å². The quantitative estimate of drug-likeness (QED) is 0.747. The largest absolute Gasteiger partial charge is 0.398 e. The van der Waals surface area contributed by atoms with Crippen LogP contribution < -0.4 is 16.4 Å². The number of nitrogens with one attached hydrogen (secondary N) is 2. The van der Waals surface area contributed by atoms with Crippen LogP contribution in [0.5, 0.6) is 0 Å². The molecule has 1 amide bonds. The van der Waals surface area contributed by atoms with Gasteiger partial charge in [-0.25, -0.2) is 0 Å². The lowest BCUT2D eigenvalue weighted by Gasteiger charge is -2.24. The van der Waals surface area contributed by atoms with Crippen LogP contribution in [0.2, 0.25) is 0 Å². The van der Waals surface area contributed by atoms with Crippen LogP contribution in [0.4, 0.5) is 11.4 Å². The standard InChI is InChI=1S/C14H22BrN3O/c1-8-6-12(10(15)7-11(8)16)17-9(2)13(19)18-14(3,4)5/h6-7,9,17H,16H2,1-5H3,(H,18,19). The maximum atomic E-state index is 12.0. The smallest absolute Gasteiger partial charge is 0.242 e. The monoisotopic (exact) mass is 327 g/mol. The van der Waals surface area contributed by atoms with Gasteiger partial charge in [-0.3, -0.25) is 4.79 Å². The number of carbonyl (C=O) groups is 1. The summed E-state index contributed by atoms with van der Waals surface area (Å²) in [6.45, 7) is 9.65. The Bertz CT molecular complexity index is 480. The van der Waals surface area contributed by atoms with Gasteiger partial charge in [0.25, 0.3) is 0 Å². The minimum atomic E-state index is -0.321. The van der Waals surface area contributed by atoms with Gasteiger partial charge in [-0.05, 0) is 68.2 Å². The molecule has 0 radical (unpaired) electrons. The molecule has 0 aliphatic heterocycles. The maximum Gasteiger partial charge on any atom is 0.242 e. The Kier molecular flexibility index (Phi) is 4.85. The minimum absolute atomic E-state index is 0.0334. The molecule has 0 aliphatic rings. The first kappa shape index (κ1) is 15.8. The van der Waals surface area contributed by atoms with Crippen LogP contribution in [-0.4, -0.2) is 17.5 Å². The van der Waals surface area contributed by atoms with Gasteiger partial charge in [0.2, 0.25) is 5.91 Å². The van der Waals surface area contributed by atoms with E-state index in [1.165, 1.54) is 0 Å². The van der Waals surface area contributed by atoms with E-state index in [9.17, 15) is 4.79 Å². The van der Waals surface area contributed by atoms with Gasteiger partial charge in [-0.2, -0.15) is 0 Å². The van der Waals surface area contributed by atoms with Gasteiger partial charge in [-0.15, -0.1) is 0 Å². The molecule has 0 saturated heterocycles. The van der Waals surface area contributed by atoms with E-state index in [0.717, 1.165) is 21.4 Å². The molecule has 1 aromatic rings. The maximum absolute atomic E-state index is 12.0. The number of hydrogen-bond donors (Lipinski definition) is 3. The van der Waals surface area contributed by atoms with Crippen LogP contribution in [0.15, 0.2) is 16.6 Å². The lowest BCUT2D eigenvalue weighted by molar-refractivity contribution is -0.122. The average Bonchev–Trinajstić information content (AvgIpc) is 2.23. The fraction of sp³-hybridized carbons (Fsp3) is 0.500. The van der Waals surface area contributed by atoms with Crippen LogP contribution in [0.3, 0.4) is 0 Å². The van der Waals surface area contributed by atoms with E-state index < -0.39 is 0 Å². The Morgan fingerprint density at radius 3 is 2.47 bits per heavy atom. The molecule has 1 aromatic carbocycles. The number of rotatable bonds is 3. The summed E-state index contributed by atoms with van der Waals surface area (Å²) in [6.07, 6.45) is 0. The van der Waals surface area contributed by atoms with Crippen LogP contribution in [0.1, 0.15) is 33.3 Å². The van der Waals surface area contributed by atoms with Gasteiger partial charge in [0.1, 0.15) is 6.04 Å². The van der Waals surface area contributed by atoms with Crippen LogP contribution in [0, 0.1) is 6.92 Å².